The van der Waals surface area contributed by atoms with Gasteiger partial charge in [0.15, 0.2) is 0 Å². The lowest BCUT2D eigenvalue weighted by Crippen LogP contribution is -2.09. The normalized spacial score (nSPS) is 10.8. The van der Waals surface area contributed by atoms with Crippen molar-refractivity contribution >= 4 is 28.7 Å². The minimum absolute atomic E-state index is 0.264. The highest BCUT2D eigenvalue weighted by molar-refractivity contribution is 6.30. The SMILES string of the molecule is Cn1ccnc1-c1ccc(N(c2ccc(F)cc2)c2ccc(Cl)cc2)cc1. The maximum Gasteiger partial charge on any atom is 0.139 e. The van der Waals surface area contributed by atoms with Crippen molar-refractivity contribution in [2.45, 2.75) is 0 Å². The Kier molecular flexibility index (Phi) is 4.65. The van der Waals surface area contributed by atoms with Crippen LogP contribution in [0.2, 0.25) is 5.02 Å². The summed E-state index contributed by atoms with van der Waals surface area (Å²) in [5.74, 6) is 0.640. The molecule has 1 heterocycles. The van der Waals surface area contributed by atoms with Gasteiger partial charge in [-0.05, 0) is 72.8 Å². The summed E-state index contributed by atoms with van der Waals surface area (Å²) in [6, 6.07) is 22.1. The molecule has 0 aliphatic heterocycles. The monoisotopic (exact) mass is 377 g/mol. The Bertz CT molecular complexity index is 993. The van der Waals surface area contributed by atoms with Gasteiger partial charge in [-0.2, -0.15) is 0 Å². The van der Waals surface area contributed by atoms with Crippen LogP contribution < -0.4 is 4.90 Å². The van der Waals surface area contributed by atoms with Crippen molar-refractivity contribution in [1.29, 1.82) is 0 Å². The first-order valence-corrected chi connectivity index (χ1v) is 8.89. The summed E-state index contributed by atoms with van der Waals surface area (Å²) in [6.45, 7) is 0. The number of nitrogens with zero attached hydrogens (tertiary/aromatic N) is 3. The number of aryl methyl sites for hydroxylation is 1. The fraction of sp³-hybridized carbons (Fsp3) is 0.0455. The van der Waals surface area contributed by atoms with Gasteiger partial charge in [0.2, 0.25) is 0 Å². The number of imidazole rings is 1. The van der Waals surface area contributed by atoms with E-state index in [1.54, 1.807) is 18.3 Å². The summed E-state index contributed by atoms with van der Waals surface area (Å²) in [4.78, 5) is 6.44. The molecule has 0 aliphatic carbocycles. The van der Waals surface area contributed by atoms with E-state index >= 15 is 0 Å². The summed E-state index contributed by atoms with van der Waals surface area (Å²) in [5, 5.41) is 0.669. The third kappa shape index (κ3) is 3.57. The molecule has 3 nitrogen and oxygen atoms in total. The Balaban J connectivity index is 1.77. The molecule has 0 atom stereocenters. The lowest BCUT2D eigenvalue weighted by molar-refractivity contribution is 0.628. The predicted molar refractivity (Wildman–Crippen MR) is 108 cm³/mol. The summed E-state index contributed by atoms with van der Waals surface area (Å²) in [6.07, 6.45) is 3.70. The van der Waals surface area contributed by atoms with Gasteiger partial charge in [0.25, 0.3) is 0 Å². The third-order valence-electron chi connectivity index (χ3n) is 4.37. The van der Waals surface area contributed by atoms with Crippen LogP contribution in [0, 0.1) is 5.82 Å². The van der Waals surface area contributed by atoms with Gasteiger partial charge in [0, 0.05) is 47.1 Å². The zero-order chi connectivity index (χ0) is 18.8. The molecule has 0 saturated heterocycles. The molecule has 5 heteroatoms. The first-order valence-electron chi connectivity index (χ1n) is 8.51. The van der Waals surface area contributed by atoms with Crippen LogP contribution in [0.5, 0.6) is 0 Å². The average Bonchev–Trinajstić information content (AvgIpc) is 3.11. The Morgan fingerprint density at radius 2 is 1.33 bits per heavy atom. The Labute approximate surface area is 162 Å². The van der Waals surface area contributed by atoms with Crippen LogP contribution in [0.15, 0.2) is 85.2 Å². The molecule has 0 fully saturated rings. The van der Waals surface area contributed by atoms with Gasteiger partial charge in [-0.25, -0.2) is 9.37 Å². The van der Waals surface area contributed by atoms with Gasteiger partial charge >= 0.3 is 0 Å². The molecule has 0 radical (unpaired) electrons. The minimum atomic E-state index is -0.264. The summed E-state index contributed by atoms with van der Waals surface area (Å²) < 4.78 is 15.4. The number of halogens is 2. The first-order chi connectivity index (χ1) is 13.1. The van der Waals surface area contributed by atoms with Crippen molar-refractivity contribution in [1.82, 2.24) is 9.55 Å². The van der Waals surface area contributed by atoms with Crippen molar-refractivity contribution in [2.24, 2.45) is 7.05 Å². The van der Waals surface area contributed by atoms with E-state index in [1.165, 1.54) is 12.1 Å². The van der Waals surface area contributed by atoms with Crippen LogP contribution in [-0.2, 0) is 7.05 Å². The highest BCUT2D eigenvalue weighted by atomic mass is 35.5. The van der Waals surface area contributed by atoms with Gasteiger partial charge in [-0.15, -0.1) is 0 Å². The maximum atomic E-state index is 13.4. The fourth-order valence-electron chi connectivity index (χ4n) is 3.03. The number of benzene rings is 3. The van der Waals surface area contributed by atoms with Crippen molar-refractivity contribution in [3.05, 3.63) is 96.0 Å². The minimum Gasteiger partial charge on any atom is -0.334 e. The van der Waals surface area contributed by atoms with Crippen LogP contribution in [0.4, 0.5) is 21.5 Å². The van der Waals surface area contributed by atoms with E-state index in [0.717, 1.165) is 28.5 Å². The fourth-order valence-corrected chi connectivity index (χ4v) is 3.16. The molecule has 0 amide bonds. The standard InChI is InChI=1S/C22H17ClFN3/c1-26-15-14-25-22(26)16-2-8-19(9-3-16)27(20-10-4-17(23)5-11-20)21-12-6-18(24)7-13-21/h2-15H,1H3. The molecule has 0 N–H and O–H groups in total. The van der Waals surface area contributed by atoms with E-state index in [-0.39, 0.29) is 5.82 Å². The van der Waals surface area contributed by atoms with E-state index in [0.29, 0.717) is 5.02 Å². The van der Waals surface area contributed by atoms with E-state index in [4.69, 9.17) is 11.6 Å². The van der Waals surface area contributed by atoms with Crippen LogP contribution in [0.1, 0.15) is 0 Å². The average molecular weight is 378 g/mol. The quantitative estimate of drug-likeness (QED) is 0.413. The molecule has 3 aromatic carbocycles. The molecule has 0 saturated carbocycles. The van der Waals surface area contributed by atoms with Gasteiger partial charge < -0.3 is 9.47 Å². The highest BCUT2D eigenvalue weighted by Crippen LogP contribution is 2.35. The van der Waals surface area contributed by atoms with Crippen molar-refractivity contribution in [2.75, 3.05) is 4.90 Å². The highest BCUT2D eigenvalue weighted by Gasteiger charge is 2.13. The number of anilines is 3. The molecular weight excluding hydrogens is 361 g/mol. The zero-order valence-electron chi connectivity index (χ0n) is 14.7. The molecule has 0 bridgehead atoms. The van der Waals surface area contributed by atoms with Gasteiger partial charge in [0.1, 0.15) is 11.6 Å². The van der Waals surface area contributed by atoms with E-state index in [1.807, 2.05) is 66.3 Å². The smallest absolute Gasteiger partial charge is 0.139 e. The molecule has 0 unspecified atom stereocenters. The van der Waals surface area contributed by atoms with E-state index in [9.17, 15) is 4.39 Å². The molecule has 0 spiro atoms. The maximum absolute atomic E-state index is 13.4. The zero-order valence-corrected chi connectivity index (χ0v) is 15.4. The Morgan fingerprint density at radius 3 is 1.85 bits per heavy atom. The number of hydrogen-bond donors (Lipinski definition) is 0. The second-order valence-corrected chi connectivity index (χ2v) is 6.63. The second-order valence-electron chi connectivity index (χ2n) is 6.20. The van der Waals surface area contributed by atoms with Gasteiger partial charge in [0.05, 0.1) is 0 Å². The molecule has 4 rings (SSSR count). The van der Waals surface area contributed by atoms with Gasteiger partial charge in [-0.1, -0.05) is 11.6 Å². The number of rotatable bonds is 4. The lowest BCUT2D eigenvalue weighted by Gasteiger charge is -2.25. The van der Waals surface area contributed by atoms with Crippen LogP contribution in [0.3, 0.4) is 0 Å². The molecule has 134 valence electrons. The summed E-state index contributed by atoms with van der Waals surface area (Å²) >= 11 is 6.04. The van der Waals surface area contributed by atoms with E-state index in [2.05, 4.69) is 9.88 Å². The van der Waals surface area contributed by atoms with Gasteiger partial charge in [-0.3, -0.25) is 0 Å². The topological polar surface area (TPSA) is 21.1 Å². The second kappa shape index (κ2) is 7.25. The van der Waals surface area contributed by atoms with Crippen molar-refractivity contribution in [3.63, 3.8) is 0 Å². The van der Waals surface area contributed by atoms with Crippen molar-refractivity contribution < 1.29 is 4.39 Å². The molecule has 4 aromatic rings. The summed E-state index contributed by atoms with van der Waals surface area (Å²) in [7, 11) is 1.97. The van der Waals surface area contributed by atoms with Crippen LogP contribution >= 0.6 is 11.6 Å². The predicted octanol–water partition coefficient (Wildman–Crippen LogP) is 6.35. The Hall–Kier alpha value is -3.11. The van der Waals surface area contributed by atoms with Crippen molar-refractivity contribution in [3.8, 4) is 11.4 Å². The van der Waals surface area contributed by atoms with Crippen LogP contribution in [-0.4, -0.2) is 9.55 Å². The van der Waals surface area contributed by atoms with Crippen LogP contribution in [0.25, 0.3) is 11.4 Å². The van der Waals surface area contributed by atoms with E-state index < -0.39 is 0 Å². The molecule has 0 aliphatic rings. The third-order valence-corrected chi connectivity index (χ3v) is 4.63. The lowest BCUT2D eigenvalue weighted by atomic mass is 10.1. The number of hydrogen-bond acceptors (Lipinski definition) is 2. The largest absolute Gasteiger partial charge is 0.334 e. The Morgan fingerprint density at radius 1 is 0.815 bits per heavy atom. The number of aromatic nitrogens is 2. The molecule has 27 heavy (non-hydrogen) atoms. The first kappa shape index (κ1) is 17.3. The molecular formula is C22H17ClFN3. The molecule has 1 aromatic heterocycles. The summed E-state index contributed by atoms with van der Waals surface area (Å²) in [5.41, 5.74) is 3.79.